The molecule has 1 aliphatic rings. The maximum absolute atomic E-state index is 13.2. The molecule has 2 nitrogen and oxygen atoms in total. The zero-order valence-corrected chi connectivity index (χ0v) is 13.3. The number of carbonyl (C=O) groups excluding carboxylic acids is 1. The predicted octanol–water partition coefficient (Wildman–Crippen LogP) is 2.81. The number of benzene rings is 1. The fraction of sp³-hybridized carbons (Fsp3) is 0.462. The topological polar surface area (TPSA) is 20.3 Å². The summed E-state index contributed by atoms with van der Waals surface area (Å²) in [6.45, 7) is 6.38. The first-order valence-electron chi connectivity index (χ1n) is 5.59. The Bertz CT molecular complexity index is 424. The van der Waals surface area contributed by atoms with Gasteiger partial charge >= 0.3 is 0 Å². The van der Waals surface area contributed by atoms with Gasteiger partial charge in [0.15, 0.2) is 0 Å². The quantitative estimate of drug-likeness (QED) is 0.781. The van der Waals surface area contributed by atoms with Crippen molar-refractivity contribution in [1.82, 2.24) is 0 Å². The second kappa shape index (κ2) is 5.58. The van der Waals surface area contributed by atoms with E-state index in [0.29, 0.717) is 0 Å². The summed E-state index contributed by atoms with van der Waals surface area (Å²) in [4.78, 5) is 13.7. The maximum atomic E-state index is 13.2. The third-order valence-corrected chi connectivity index (χ3v) is 3.20. The van der Waals surface area contributed by atoms with Gasteiger partial charge in [0.25, 0.3) is 0 Å². The molecular weight excluding hydrogens is 294 g/mol. The number of amides is 1. The maximum Gasteiger partial charge on any atom is 0.229 e. The van der Waals surface area contributed by atoms with Crippen LogP contribution in [0.1, 0.15) is 24.5 Å². The smallest absolute Gasteiger partial charge is 0.229 e. The minimum atomic E-state index is -0.238. The SMILES string of the molecule is Cc1cc(F)cc(C)c1N1CCC(C)C1=O.[Y]. The van der Waals surface area contributed by atoms with E-state index in [1.54, 1.807) is 4.90 Å². The zero-order valence-electron chi connectivity index (χ0n) is 10.5. The predicted molar refractivity (Wildman–Crippen MR) is 62.0 cm³/mol. The van der Waals surface area contributed by atoms with E-state index >= 15 is 0 Å². The van der Waals surface area contributed by atoms with Crippen LogP contribution in [0.2, 0.25) is 0 Å². The van der Waals surface area contributed by atoms with Crippen LogP contribution in [-0.2, 0) is 37.5 Å². The second-order valence-electron chi connectivity index (χ2n) is 4.57. The molecule has 1 aromatic carbocycles. The molecule has 0 aliphatic carbocycles. The third kappa shape index (κ3) is 2.77. The average molecular weight is 310 g/mol. The van der Waals surface area contributed by atoms with E-state index in [0.717, 1.165) is 29.8 Å². The fourth-order valence-corrected chi connectivity index (χ4v) is 2.37. The number of rotatable bonds is 1. The van der Waals surface area contributed by atoms with Gasteiger partial charge in [0.05, 0.1) is 0 Å². The van der Waals surface area contributed by atoms with E-state index in [4.69, 9.17) is 0 Å². The van der Waals surface area contributed by atoms with Crippen LogP contribution in [-0.4, -0.2) is 12.5 Å². The molecule has 1 aliphatic heterocycles. The van der Waals surface area contributed by atoms with Gasteiger partial charge in [0.1, 0.15) is 5.82 Å². The van der Waals surface area contributed by atoms with Crippen molar-refractivity contribution in [3.8, 4) is 0 Å². The molecule has 17 heavy (non-hydrogen) atoms. The number of carbonyl (C=O) groups is 1. The second-order valence-corrected chi connectivity index (χ2v) is 4.57. The van der Waals surface area contributed by atoms with E-state index < -0.39 is 0 Å². The number of hydrogen-bond acceptors (Lipinski definition) is 1. The van der Waals surface area contributed by atoms with Gasteiger partial charge in [-0.2, -0.15) is 0 Å². The van der Waals surface area contributed by atoms with Crippen molar-refractivity contribution in [2.45, 2.75) is 27.2 Å². The Kier molecular flexibility index (Phi) is 4.85. The van der Waals surface area contributed by atoms with Gasteiger partial charge in [-0.05, 0) is 43.5 Å². The average Bonchev–Trinajstić information content (AvgIpc) is 2.48. The summed E-state index contributed by atoms with van der Waals surface area (Å²) in [5.41, 5.74) is 2.55. The Hall–Kier alpha value is -0.276. The summed E-state index contributed by atoms with van der Waals surface area (Å²) in [5, 5.41) is 0. The van der Waals surface area contributed by atoms with Crippen LogP contribution in [0.4, 0.5) is 10.1 Å². The molecule has 1 unspecified atom stereocenters. The first-order chi connectivity index (χ1) is 7.50. The molecule has 0 aromatic heterocycles. The van der Waals surface area contributed by atoms with Crippen molar-refractivity contribution in [1.29, 1.82) is 0 Å². The molecule has 1 atom stereocenters. The van der Waals surface area contributed by atoms with Gasteiger partial charge in [-0.15, -0.1) is 0 Å². The van der Waals surface area contributed by atoms with Crippen molar-refractivity contribution in [3.63, 3.8) is 0 Å². The van der Waals surface area contributed by atoms with Gasteiger partial charge in [0.2, 0.25) is 5.91 Å². The van der Waals surface area contributed by atoms with Gasteiger partial charge in [-0.3, -0.25) is 4.79 Å². The summed E-state index contributed by atoms with van der Waals surface area (Å²) < 4.78 is 13.2. The van der Waals surface area contributed by atoms with Crippen LogP contribution in [0.25, 0.3) is 0 Å². The molecule has 4 heteroatoms. The molecule has 0 N–H and O–H groups in total. The normalized spacial score (nSPS) is 19.4. The van der Waals surface area contributed by atoms with Crippen LogP contribution in [0.5, 0.6) is 0 Å². The monoisotopic (exact) mass is 310 g/mol. The van der Waals surface area contributed by atoms with Crippen molar-refractivity contribution < 1.29 is 41.9 Å². The molecule has 1 amide bonds. The van der Waals surface area contributed by atoms with Crippen molar-refractivity contribution in [2.24, 2.45) is 5.92 Å². The van der Waals surface area contributed by atoms with Crippen molar-refractivity contribution in [2.75, 3.05) is 11.4 Å². The first-order valence-corrected chi connectivity index (χ1v) is 5.59. The number of nitrogens with zero attached hydrogens (tertiary/aromatic N) is 1. The molecule has 0 saturated carbocycles. The molecule has 89 valence electrons. The molecule has 1 fully saturated rings. The first kappa shape index (κ1) is 14.8. The number of anilines is 1. The minimum Gasteiger partial charge on any atom is -0.312 e. The summed E-state index contributed by atoms with van der Waals surface area (Å²) in [6, 6.07) is 2.97. The summed E-state index contributed by atoms with van der Waals surface area (Å²) in [7, 11) is 0. The minimum absolute atomic E-state index is 0. The third-order valence-electron chi connectivity index (χ3n) is 3.20. The largest absolute Gasteiger partial charge is 0.312 e. The molecule has 1 saturated heterocycles. The summed E-state index contributed by atoms with van der Waals surface area (Å²) >= 11 is 0. The van der Waals surface area contributed by atoms with E-state index in [-0.39, 0.29) is 50.4 Å². The molecule has 2 rings (SSSR count). The fourth-order valence-electron chi connectivity index (χ4n) is 2.37. The summed E-state index contributed by atoms with van der Waals surface area (Å²) in [6.07, 6.45) is 0.884. The number of hydrogen-bond donors (Lipinski definition) is 0. The van der Waals surface area contributed by atoms with E-state index in [1.807, 2.05) is 20.8 Å². The van der Waals surface area contributed by atoms with Gasteiger partial charge in [-0.25, -0.2) is 4.39 Å². The summed E-state index contributed by atoms with van der Waals surface area (Å²) in [5.74, 6) is 0.0000978. The van der Waals surface area contributed by atoms with E-state index in [2.05, 4.69) is 0 Å². The van der Waals surface area contributed by atoms with Gasteiger partial charge in [-0.1, -0.05) is 6.92 Å². The van der Waals surface area contributed by atoms with E-state index in [9.17, 15) is 9.18 Å². The van der Waals surface area contributed by atoms with Crippen LogP contribution in [0, 0.1) is 25.6 Å². The van der Waals surface area contributed by atoms with Crippen LogP contribution in [0.3, 0.4) is 0 Å². The Labute approximate surface area is 126 Å². The zero-order chi connectivity index (χ0) is 11.9. The Balaban J connectivity index is 0.00000144. The number of aryl methyl sites for hydroxylation is 2. The van der Waals surface area contributed by atoms with Gasteiger partial charge < -0.3 is 4.90 Å². The Morgan fingerprint density at radius 3 is 2.24 bits per heavy atom. The van der Waals surface area contributed by atoms with Crippen LogP contribution < -0.4 is 4.90 Å². The van der Waals surface area contributed by atoms with Crippen molar-refractivity contribution >= 4 is 11.6 Å². The van der Waals surface area contributed by atoms with Crippen LogP contribution >= 0.6 is 0 Å². The van der Waals surface area contributed by atoms with E-state index in [1.165, 1.54) is 12.1 Å². The number of halogens is 1. The standard InChI is InChI=1S/C13H16FNO.Y/c1-8-4-5-15(13(8)16)12-9(2)6-11(14)7-10(12)3;/h6-8H,4-5H2,1-3H3;. The Morgan fingerprint density at radius 2 is 1.82 bits per heavy atom. The molecular formula is C13H16FNOY. The van der Waals surface area contributed by atoms with Crippen LogP contribution in [0.15, 0.2) is 12.1 Å². The molecule has 0 bridgehead atoms. The molecule has 1 heterocycles. The molecule has 1 radical (unpaired) electrons. The van der Waals surface area contributed by atoms with Crippen molar-refractivity contribution in [3.05, 3.63) is 29.1 Å². The Morgan fingerprint density at radius 1 is 1.29 bits per heavy atom. The van der Waals surface area contributed by atoms with Gasteiger partial charge in [0, 0.05) is 50.9 Å². The molecule has 1 aromatic rings. The molecule has 0 spiro atoms.